The molecule has 2 unspecified atom stereocenters. The van der Waals surface area contributed by atoms with Gasteiger partial charge in [-0.2, -0.15) is 0 Å². The van der Waals surface area contributed by atoms with Crippen molar-refractivity contribution < 1.29 is 0 Å². The lowest BCUT2D eigenvalue weighted by Crippen LogP contribution is -2.28. The quantitative estimate of drug-likeness (QED) is 0.408. The summed E-state index contributed by atoms with van der Waals surface area (Å²) in [4.78, 5) is 0. The average molecular weight is 358 g/mol. The topological polar surface area (TPSA) is 3.24 Å². The Hall–Kier alpha value is 0.820. The van der Waals surface area contributed by atoms with Crippen LogP contribution in [0.5, 0.6) is 0 Å². The molecular weight excluding hydrogens is 316 g/mol. The summed E-state index contributed by atoms with van der Waals surface area (Å²) in [5.74, 6) is 0.825. The predicted octanol–water partition coefficient (Wildman–Crippen LogP) is 7.44. The van der Waals surface area contributed by atoms with Crippen molar-refractivity contribution in [2.75, 3.05) is 6.54 Å². The zero-order chi connectivity index (χ0) is 17.0. The van der Waals surface area contributed by atoms with Gasteiger partial charge in [-0.3, -0.25) is 4.44 Å². The summed E-state index contributed by atoms with van der Waals surface area (Å²) in [6.45, 7) is 16.1. The van der Waals surface area contributed by atoms with E-state index in [4.69, 9.17) is 0 Å². The smallest absolute Gasteiger partial charge is 0.00852 e. The highest BCUT2D eigenvalue weighted by atomic mass is 31.2. The Bertz CT molecular complexity index is 295. The molecule has 5 atom stereocenters. The molecule has 2 aliphatic heterocycles. The summed E-state index contributed by atoms with van der Waals surface area (Å²) in [6.07, 6.45) is 11.8. The summed E-state index contributed by atoms with van der Waals surface area (Å²) in [6, 6.07) is 0. The van der Waals surface area contributed by atoms with E-state index in [9.17, 15) is 0 Å². The van der Waals surface area contributed by atoms with Crippen molar-refractivity contribution in [2.24, 2.45) is 5.92 Å². The van der Waals surface area contributed by atoms with E-state index in [-0.39, 0.29) is 16.1 Å². The Morgan fingerprint density at radius 3 is 1.22 bits per heavy atom. The molecule has 0 spiro atoms. The first-order valence-corrected chi connectivity index (χ1v) is 13.3. The van der Waals surface area contributed by atoms with Crippen LogP contribution in [0.25, 0.3) is 0 Å². The SMILES string of the molecule is CCC1CC[C@@H](CC)P1N(CC(C)C)P1[C@H](CC)CC[C@H]1CC. The van der Waals surface area contributed by atoms with E-state index in [0.717, 1.165) is 28.6 Å². The first-order chi connectivity index (χ1) is 11.1. The minimum atomic E-state index is 0.118. The van der Waals surface area contributed by atoms with Gasteiger partial charge in [0.05, 0.1) is 0 Å². The van der Waals surface area contributed by atoms with Crippen LogP contribution in [0.15, 0.2) is 0 Å². The van der Waals surface area contributed by atoms with Crippen molar-refractivity contribution in [1.82, 2.24) is 4.44 Å². The molecule has 0 aromatic carbocycles. The van der Waals surface area contributed by atoms with Crippen molar-refractivity contribution in [2.45, 2.75) is 116 Å². The molecule has 2 fully saturated rings. The van der Waals surface area contributed by atoms with Gasteiger partial charge in [-0.15, -0.1) is 0 Å². The molecule has 1 nitrogen and oxygen atoms in total. The van der Waals surface area contributed by atoms with Crippen LogP contribution >= 0.6 is 16.1 Å². The van der Waals surface area contributed by atoms with Crippen LogP contribution in [0.4, 0.5) is 0 Å². The second-order valence-electron chi connectivity index (χ2n) is 8.11. The molecular formula is C20H41NP2. The second-order valence-corrected chi connectivity index (χ2v) is 13.8. The molecule has 0 aromatic heterocycles. The lowest BCUT2D eigenvalue weighted by molar-refractivity contribution is 0.524. The van der Waals surface area contributed by atoms with Crippen molar-refractivity contribution in [3.63, 3.8) is 0 Å². The number of nitrogens with zero attached hydrogens (tertiary/aromatic N) is 1. The Morgan fingerprint density at radius 2 is 1.00 bits per heavy atom. The normalized spacial score (nSPS) is 35.7. The van der Waals surface area contributed by atoms with Gasteiger partial charge in [-0.25, -0.2) is 0 Å². The van der Waals surface area contributed by atoms with Gasteiger partial charge in [0.15, 0.2) is 0 Å². The fourth-order valence-corrected chi connectivity index (χ4v) is 14.4. The Balaban J connectivity index is 2.30. The van der Waals surface area contributed by atoms with Gasteiger partial charge in [0.1, 0.15) is 0 Å². The zero-order valence-corrected chi connectivity index (χ0v) is 18.4. The summed E-state index contributed by atoms with van der Waals surface area (Å²) < 4.78 is 3.21. The highest BCUT2D eigenvalue weighted by Gasteiger charge is 2.46. The van der Waals surface area contributed by atoms with Crippen molar-refractivity contribution in [3.05, 3.63) is 0 Å². The summed E-state index contributed by atoms with van der Waals surface area (Å²) in [5, 5.41) is 0. The van der Waals surface area contributed by atoms with Crippen LogP contribution in [0.2, 0.25) is 0 Å². The van der Waals surface area contributed by atoms with E-state index >= 15 is 0 Å². The summed E-state index contributed by atoms with van der Waals surface area (Å²) in [5.41, 5.74) is 4.14. The summed E-state index contributed by atoms with van der Waals surface area (Å²) in [7, 11) is 0.237. The lowest BCUT2D eigenvalue weighted by Gasteiger charge is -2.45. The van der Waals surface area contributed by atoms with Gasteiger partial charge in [-0.05, 0) is 96.1 Å². The van der Waals surface area contributed by atoms with E-state index in [1.807, 2.05) is 0 Å². The molecule has 0 N–H and O–H groups in total. The Labute approximate surface area is 149 Å². The zero-order valence-electron chi connectivity index (χ0n) is 16.6. The highest BCUT2D eigenvalue weighted by Crippen LogP contribution is 2.73. The molecule has 3 heteroatoms. The fraction of sp³-hybridized carbons (Fsp3) is 1.00. The van der Waals surface area contributed by atoms with E-state index in [2.05, 4.69) is 46.0 Å². The average Bonchev–Trinajstić information content (AvgIpc) is 3.15. The maximum atomic E-state index is 3.21. The standard InChI is InChI=1S/C20H41NP2/c1-7-17-11-12-18(8-2)22(17)21(15-16(5)6)23-19(9-3)13-14-20(23)10-4/h16-20H,7-15H2,1-6H3/t17-,18-,19-,20?,23?/m1/s1. The molecule has 0 aliphatic carbocycles. The maximum Gasteiger partial charge on any atom is 0.00852 e. The fourth-order valence-electron chi connectivity index (χ4n) is 4.85. The van der Waals surface area contributed by atoms with E-state index in [1.165, 1.54) is 57.9 Å². The Kier molecular flexibility index (Phi) is 8.32. The van der Waals surface area contributed by atoms with Gasteiger partial charge in [0, 0.05) is 6.54 Å². The van der Waals surface area contributed by atoms with Crippen LogP contribution in [0.1, 0.15) is 92.9 Å². The minimum absolute atomic E-state index is 0.118. The van der Waals surface area contributed by atoms with Gasteiger partial charge in [-0.1, -0.05) is 41.5 Å². The second kappa shape index (κ2) is 9.50. The van der Waals surface area contributed by atoms with Crippen molar-refractivity contribution in [1.29, 1.82) is 0 Å². The van der Waals surface area contributed by atoms with Crippen LogP contribution in [0.3, 0.4) is 0 Å². The van der Waals surface area contributed by atoms with Crippen LogP contribution in [-0.2, 0) is 0 Å². The monoisotopic (exact) mass is 357 g/mol. The van der Waals surface area contributed by atoms with E-state index in [1.54, 1.807) is 0 Å². The third kappa shape index (κ3) is 4.51. The largest absolute Gasteiger partial charge is 0.259 e. The molecule has 0 radical (unpaired) electrons. The molecule has 0 aromatic rings. The first kappa shape index (κ1) is 20.1. The van der Waals surface area contributed by atoms with Gasteiger partial charge in [0.2, 0.25) is 0 Å². The summed E-state index contributed by atoms with van der Waals surface area (Å²) >= 11 is 0. The molecule has 0 saturated carbocycles. The number of hydrogen-bond acceptors (Lipinski definition) is 1. The van der Waals surface area contributed by atoms with Crippen LogP contribution < -0.4 is 0 Å². The molecule has 2 rings (SSSR count). The molecule has 0 amide bonds. The third-order valence-corrected chi connectivity index (χ3v) is 14.2. The minimum Gasteiger partial charge on any atom is -0.259 e. The van der Waals surface area contributed by atoms with E-state index < -0.39 is 0 Å². The van der Waals surface area contributed by atoms with Crippen LogP contribution in [-0.4, -0.2) is 33.6 Å². The van der Waals surface area contributed by atoms with Gasteiger partial charge in [0.25, 0.3) is 0 Å². The highest BCUT2D eigenvalue weighted by molar-refractivity contribution is 7.72. The molecule has 2 saturated heterocycles. The molecule has 2 heterocycles. The maximum absolute atomic E-state index is 3.21. The Morgan fingerprint density at radius 1 is 0.696 bits per heavy atom. The van der Waals surface area contributed by atoms with Crippen molar-refractivity contribution in [3.8, 4) is 0 Å². The van der Waals surface area contributed by atoms with Gasteiger partial charge < -0.3 is 0 Å². The molecule has 23 heavy (non-hydrogen) atoms. The lowest BCUT2D eigenvalue weighted by atomic mass is 10.1. The number of rotatable bonds is 8. The number of hydrogen-bond donors (Lipinski definition) is 0. The molecule has 2 aliphatic rings. The van der Waals surface area contributed by atoms with E-state index in [0.29, 0.717) is 0 Å². The van der Waals surface area contributed by atoms with Gasteiger partial charge >= 0.3 is 0 Å². The predicted molar refractivity (Wildman–Crippen MR) is 110 cm³/mol. The first-order valence-electron chi connectivity index (χ1n) is 10.4. The third-order valence-electron chi connectivity index (χ3n) is 6.11. The molecule has 136 valence electrons. The van der Waals surface area contributed by atoms with Crippen molar-refractivity contribution >= 4 is 16.1 Å². The van der Waals surface area contributed by atoms with Crippen LogP contribution in [0, 0.1) is 5.92 Å². The molecule has 0 bridgehead atoms.